The van der Waals surface area contributed by atoms with Crippen LogP contribution in [0.25, 0.3) is 0 Å². The molecule has 0 saturated heterocycles. The maximum absolute atomic E-state index is 14.1. The second kappa shape index (κ2) is 5.26. The van der Waals surface area contributed by atoms with Gasteiger partial charge < -0.3 is 4.90 Å². The number of benzene rings is 2. The molecule has 0 aromatic heterocycles. The minimum Gasteiger partial charge on any atom is -0.364 e. The largest absolute Gasteiger partial charge is 0.364 e. The van der Waals surface area contributed by atoms with E-state index in [-0.39, 0.29) is 5.82 Å². The van der Waals surface area contributed by atoms with Gasteiger partial charge in [0.05, 0.1) is 17.3 Å². The molecule has 2 aromatic carbocycles. The summed E-state index contributed by atoms with van der Waals surface area (Å²) in [5, 5.41) is 8.79. The van der Waals surface area contributed by atoms with E-state index in [1.54, 1.807) is 12.1 Å². The zero-order chi connectivity index (χ0) is 14.1. The first kappa shape index (κ1) is 13.1. The first-order valence-corrected chi connectivity index (χ1v) is 7.18. The van der Waals surface area contributed by atoms with E-state index in [4.69, 9.17) is 5.26 Å². The van der Waals surface area contributed by atoms with Crippen molar-refractivity contribution in [3.8, 4) is 6.07 Å². The summed E-state index contributed by atoms with van der Waals surface area (Å²) >= 11 is 3.47. The first-order valence-electron chi connectivity index (χ1n) is 6.39. The SMILES string of the molecule is N#Cc1ccc(N2CCc3ccc(Br)cc3C2)c(F)c1. The quantitative estimate of drug-likeness (QED) is 0.789. The van der Waals surface area contributed by atoms with Crippen LogP contribution in [0, 0.1) is 17.1 Å². The number of halogens is 2. The van der Waals surface area contributed by atoms with Crippen LogP contribution in [-0.4, -0.2) is 6.54 Å². The normalized spacial score (nSPS) is 13.8. The molecule has 1 aliphatic rings. The molecule has 0 spiro atoms. The van der Waals surface area contributed by atoms with Crippen LogP contribution < -0.4 is 4.90 Å². The Hall–Kier alpha value is -1.86. The van der Waals surface area contributed by atoms with Gasteiger partial charge in [-0.15, -0.1) is 0 Å². The Kier molecular flexibility index (Phi) is 3.45. The standard InChI is InChI=1S/C16H12BrFN2/c17-14-3-2-12-5-6-20(10-13(12)8-14)16-4-1-11(9-19)7-15(16)18/h1-4,7-8H,5-6,10H2. The molecule has 0 aliphatic carbocycles. The Morgan fingerprint density at radius 3 is 2.75 bits per heavy atom. The van der Waals surface area contributed by atoms with E-state index in [9.17, 15) is 4.39 Å². The van der Waals surface area contributed by atoms with Crippen LogP contribution in [-0.2, 0) is 13.0 Å². The summed E-state index contributed by atoms with van der Waals surface area (Å²) in [4.78, 5) is 2.02. The Balaban J connectivity index is 1.92. The lowest BCUT2D eigenvalue weighted by molar-refractivity contribution is 0.610. The van der Waals surface area contributed by atoms with Crippen molar-refractivity contribution in [3.05, 3.63) is 63.4 Å². The zero-order valence-corrected chi connectivity index (χ0v) is 12.3. The maximum Gasteiger partial charge on any atom is 0.147 e. The van der Waals surface area contributed by atoms with Crippen molar-refractivity contribution < 1.29 is 4.39 Å². The predicted molar refractivity (Wildman–Crippen MR) is 80.0 cm³/mol. The van der Waals surface area contributed by atoms with E-state index in [0.717, 1.165) is 17.4 Å². The molecule has 0 fully saturated rings. The third-order valence-corrected chi connectivity index (χ3v) is 4.09. The second-order valence-electron chi connectivity index (χ2n) is 4.86. The molecule has 2 nitrogen and oxygen atoms in total. The van der Waals surface area contributed by atoms with E-state index in [1.807, 2.05) is 17.0 Å². The van der Waals surface area contributed by atoms with Crippen LogP contribution >= 0.6 is 15.9 Å². The van der Waals surface area contributed by atoms with E-state index in [1.165, 1.54) is 17.2 Å². The minimum absolute atomic E-state index is 0.331. The highest BCUT2D eigenvalue weighted by Crippen LogP contribution is 2.28. The highest BCUT2D eigenvalue weighted by atomic mass is 79.9. The number of rotatable bonds is 1. The molecule has 100 valence electrons. The van der Waals surface area contributed by atoms with Gasteiger partial charge in [0, 0.05) is 17.6 Å². The maximum atomic E-state index is 14.1. The van der Waals surface area contributed by atoms with Gasteiger partial charge in [-0.2, -0.15) is 5.26 Å². The summed E-state index contributed by atoms with van der Waals surface area (Å²) in [5.41, 5.74) is 3.45. The van der Waals surface area contributed by atoms with E-state index >= 15 is 0 Å². The third-order valence-electron chi connectivity index (χ3n) is 3.60. The first-order chi connectivity index (χ1) is 9.67. The van der Waals surface area contributed by atoms with Crippen LogP contribution in [0.15, 0.2) is 40.9 Å². The molecule has 0 bridgehead atoms. The van der Waals surface area contributed by atoms with Gasteiger partial charge in [-0.3, -0.25) is 0 Å². The molecule has 0 N–H and O–H groups in total. The Bertz CT molecular complexity index is 706. The van der Waals surface area contributed by atoms with Gasteiger partial charge in [0.25, 0.3) is 0 Å². The Morgan fingerprint density at radius 2 is 2.00 bits per heavy atom. The summed E-state index contributed by atoms with van der Waals surface area (Å²) < 4.78 is 15.1. The molecule has 20 heavy (non-hydrogen) atoms. The molecule has 0 radical (unpaired) electrons. The van der Waals surface area contributed by atoms with Crippen LogP contribution in [0.1, 0.15) is 16.7 Å². The van der Waals surface area contributed by atoms with Crippen molar-refractivity contribution in [1.29, 1.82) is 5.26 Å². The molecule has 0 saturated carbocycles. The van der Waals surface area contributed by atoms with Crippen molar-refractivity contribution >= 4 is 21.6 Å². The van der Waals surface area contributed by atoms with Crippen molar-refractivity contribution in [2.45, 2.75) is 13.0 Å². The van der Waals surface area contributed by atoms with Crippen LogP contribution in [0.2, 0.25) is 0 Å². The van der Waals surface area contributed by atoms with Crippen LogP contribution in [0.5, 0.6) is 0 Å². The molecule has 3 rings (SSSR count). The van der Waals surface area contributed by atoms with Crippen LogP contribution in [0.3, 0.4) is 0 Å². The molecule has 0 unspecified atom stereocenters. The highest BCUT2D eigenvalue weighted by Gasteiger charge is 2.19. The fourth-order valence-electron chi connectivity index (χ4n) is 2.56. The number of fused-ring (bicyclic) bond motifs is 1. The third kappa shape index (κ3) is 2.41. The minimum atomic E-state index is -0.331. The van der Waals surface area contributed by atoms with Gasteiger partial charge in [-0.05, 0) is 47.9 Å². The summed E-state index contributed by atoms with van der Waals surface area (Å²) in [6.07, 6.45) is 0.905. The smallest absolute Gasteiger partial charge is 0.147 e. The summed E-state index contributed by atoms with van der Waals surface area (Å²) in [5.74, 6) is -0.331. The van der Waals surface area contributed by atoms with Gasteiger partial charge in [-0.1, -0.05) is 22.0 Å². The van der Waals surface area contributed by atoms with Crippen molar-refractivity contribution in [3.63, 3.8) is 0 Å². The van der Waals surface area contributed by atoms with E-state index in [2.05, 4.69) is 28.1 Å². The molecule has 0 atom stereocenters. The Morgan fingerprint density at radius 1 is 1.15 bits per heavy atom. The molecule has 1 heterocycles. The van der Waals surface area contributed by atoms with Crippen LogP contribution in [0.4, 0.5) is 10.1 Å². The van der Waals surface area contributed by atoms with Gasteiger partial charge in [0.1, 0.15) is 5.82 Å². The molecule has 1 aliphatic heterocycles. The van der Waals surface area contributed by atoms with Gasteiger partial charge in [0.2, 0.25) is 0 Å². The van der Waals surface area contributed by atoms with Gasteiger partial charge >= 0.3 is 0 Å². The Labute approximate surface area is 125 Å². The predicted octanol–water partition coefficient (Wildman–Crippen LogP) is 4.02. The summed E-state index contributed by atoms with van der Waals surface area (Å²) in [6, 6.07) is 12.8. The summed E-state index contributed by atoms with van der Waals surface area (Å²) in [6.45, 7) is 1.48. The number of nitrogens with zero attached hydrogens (tertiary/aromatic N) is 2. The average molecular weight is 331 g/mol. The fourth-order valence-corrected chi connectivity index (χ4v) is 2.97. The van der Waals surface area contributed by atoms with Crippen molar-refractivity contribution in [2.24, 2.45) is 0 Å². The highest BCUT2D eigenvalue weighted by molar-refractivity contribution is 9.10. The summed E-state index contributed by atoms with van der Waals surface area (Å²) in [7, 11) is 0. The monoisotopic (exact) mass is 330 g/mol. The number of hydrogen-bond acceptors (Lipinski definition) is 2. The molecular weight excluding hydrogens is 319 g/mol. The van der Waals surface area contributed by atoms with E-state index < -0.39 is 0 Å². The fraction of sp³-hybridized carbons (Fsp3) is 0.188. The number of anilines is 1. The van der Waals surface area contributed by atoms with E-state index in [0.29, 0.717) is 17.8 Å². The van der Waals surface area contributed by atoms with Crippen molar-refractivity contribution in [1.82, 2.24) is 0 Å². The molecule has 4 heteroatoms. The van der Waals surface area contributed by atoms with Crippen molar-refractivity contribution in [2.75, 3.05) is 11.4 Å². The molecule has 0 amide bonds. The number of nitriles is 1. The average Bonchev–Trinajstić information content (AvgIpc) is 2.46. The van der Waals surface area contributed by atoms with Gasteiger partial charge in [-0.25, -0.2) is 4.39 Å². The zero-order valence-electron chi connectivity index (χ0n) is 10.7. The molecule has 2 aromatic rings. The molecular formula is C16H12BrFN2. The number of hydrogen-bond donors (Lipinski definition) is 0. The lowest BCUT2D eigenvalue weighted by atomic mass is 9.99. The van der Waals surface area contributed by atoms with Gasteiger partial charge in [0.15, 0.2) is 0 Å². The second-order valence-corrected chi connectivity index (χ2v) is 5.78. The lowest BCUT2D eigenvalue weighted by Crippen LogP contribution is -2.31. The lowest BCUT2D eigenvalue weighted by Gasteiger charge is -2.31. The topological polar surface area (TPSA) is 27.0 Å².